The second-order valence-electron chi connectivity index (χ2n) is 2.89. The highest BCUT2D eigenvalue weighted by Crippen LogP contribution is 2.44. The van der Waals surface area contributed by atoms with Gasteiger partial charge < -0.3 is 4.74 Å². The zero-order valence-corrected chi connectivity index (χ0v) is 5.90. The highest BCUT2D eigenvalue weighted by molar-refractivity contribution is 5.59. The number of rotatable bonds is 0. The van der Waals surface area contributed by atoms with Gasteiger partial charge in [0.25, 0.3) is 0 Å². The maximum absolute atomic E-state index is 5.38. The molecule has 0 saturated carbocycles. The first-order chi connectivity index (χ1) is 5.45. The molecule has 2 atom stereocenters. The third-order valence-corrected chi connectivity index (χ3v) is 2.18. The van der Waals surface area contributed by atoms with E-state index in [0.717, 1.165) is 0 Å². The van der Waals surface area contributed by atoms with Crippen molar-refractivity contribution in [3.05, 3.63) is 35.7 Å². The molecule has 1 aromatic heterocycles. The SMILES string of the molecule is C1=CC2OC2c2cnccc21. The van der Waals surface area contributed by atoms with Gasteiger partial charge >= 0.3 is 0 Å². The minimum absolute atomic E-state index is 0.309. The van der Waals surface area contributed by atoms with Gasteiger partial charge in [-0.1, -0.05) is 12.2 Å². The zero-order valence-electron chi connectivity index (χ0n) is 5.90. The van der Waals surface area contributed by atoms with Gasteiger partial charge in [-0.25, -0.2) is 0 Å². The normalized spacial score (nSPS) is 30.9. The van der Waals surface area contributed by atoms with E-state index in [-0.39, 0.29) is 0 Å². The molecule has 1 aliphatic carbocycles. The summed E-state index contributed by atoms with van der Waals surface area (Å²) < 4.78 is 5.38. The molecule has 0 aromatic carbocycles. The van der Waals surface area contributed by atoms with E-state index in [1.807, 2.05) is 18.5 Å². The minimum Gasteiger partial charge on any atom is -0.360 e. The van der Waals surface area contributed by atoms with E-state index in [4.69, 9.17) is 4.74 Å². The number of ether oxygens (including phenoxy) is 1. The Bertz CT molecular complexity index is 332. The molecule has 1 saturated heterocycles. The van der Waals surface area contributed by atoms with Crippen LogP contribution in [0.1, 0.15) is 17.2 Å². The van der Waals surface area contributed by atoms with E-state index in [1.54, 1.807) is 0 Å². The van der Waals surface area contributed by atoms with Crippen molar-refractivity contribution < 1.29 is 4.74 Å². The number of fused-ring (bicyclic) bond motifs is 3. The molecule has 0 amide bonds. The summed E-state index contributed by atoms with van der Waals surface area (Å²) in [6.07, 6.45) is 8.56. The van der Waals surface area contributed by atoms with Crippen LogP contribution < -0.4 is 0 Å². The third kappa shape index (κ3) is 0.672. The molecule has 0 radical (unpaired) electrons. The van der Waals surface area contributed by atoms with Crippen LogP contribution in [0.5, 0.6) is 0 Å². The summed E-state index contributed by atoms with van der Waals surface area (Å²) in [6.45, 7) is 0. The Morgan fingerprint density at radius 2 is 2.45 bits per heavy atom. The van der Waals surface area contributed by atoms with E-state index in [2.05, 4.69) is 17.1 Å². The first-order valence-electron chi connectivity index (χ1n) is 3.73. The van der Waals surface area contributed by atoms with Crippen LogP contribution in [0.2, 0.25) is 0 Å². The lowest BCUT2D eigenvalue weighted by molar-refractivity contribution is 0.395. The van der Waals surface area contributed by atoms with Crippen LogP contribution in [0, 0.1) is 0 Å². The van der Waals surface area contributed by atoms with E-state index in [9.17, 15) is 0 Å². The molecule has 2 unspecified atom stereocenters. The number of nitrogens with zero attached hydrogens (tertiary/aromatic N) is 1. The molecule has 3 rings (SSSR count). The highest BCUT2D eigenvalue weighted by atomic mass is 16.6. The summed E-state index contributed by atoms with van der Waals surface area (Å²) in [4.78, 5) is 4.06. The molecule has 0 bridgehead atoms. The molecule has 2 aliphatic rings. The Hall–Kier alpha value is -1.15. The smallest absolute Gasteiger partial charge is 0.115 e. The summed E-state index contributed by atoms with van der Waals surface area (Å²) in [5, 5.41) is 0. The van der Waals surface area contributed by atoms with Crippen LogP contribution in [0.25, 0.3) is 6.08 Å². The first-order valence-corrected chi connectivity index (χ1v) is 3.73. The molecule has 1 aliphatic heterocycles. The van der Waals surface area contributed by atoms with Gasteiger partial charge in [0.1, 0.15) is 12.2 Å². The summed E-state index contributed by atoms with van der Waals surface area (Å²) in [6, 6.07) is 2.02. The van der Waals surface area contributed by atoms with Gasteiger partial charge in [0.2, 0.25) is 0 Å². The number of epoxide rings is 1. The van der Waals surface area contributed by atoms with E-state index < -0.39 is 0 Å². The van der Waals surface area contributed by atoms with Crippen molar-refractivity contribution in [1.82, 2.24) is 4.98 Å². The summed E-state index contributed by atoms with van der Waals surface area (Å²) >= 11 is 0. The maximum Gasteiger partial charge on any atom is 0.115 e. The number of aromatic nitrogens is 1. The molecule has 2 heteroatoms. The monoisotopic (exact) mass is 145 g/mol. The summed E-state index contributed by atoms with van der Waals surface area (Å²) in [7, 11) is 0. The van der Waals surface area contributed by atoms with Gasteiger partial charge in [0, 0.05) is 18.0 Å². The van der Waals surface area contributed by atoms with Crippen molar-refractivity contribution in [2.45, 2.75) is 12.2 Å². The van der Waals surface area contributed by atoms with Crippen LogP contribution in [0.3, 0.4) is 0 Å². The van der Waals surface area contributed by atoms with Crippen molar-refractivity contribution in [3.8, 4) is 0 Å². The van der Waals surface area contributed by atoms with E-state index >= 15 is 0 Å². The molecular formula is C9H7NO. The zero-order chi connectivity index (χ0) is 7.26. The number of hydrogen-bond acceptors (Lipinski definition) is 2. The lowest BCUT2D eigenvalue weighted by atomic mass is 10.0. The van der Waals surface area contributed by atoms with Crippen LogP contribution in [0.15, 0.2) is 24.5 Å². The molecule has 11 heavy (non-hydrogen) atoms. The van der Waals surface area contributed by atoms with Gasteiger partial charge in [-0.3, -0.25) is 4.98 Å². The Kier molecular flexibility index (Phi) is 0.855. The standard InChI is InChI=1S/C9H7NO/c1-2-8-9(11-8)7-5-10-4-3-6(1)7/h1-5,8-9H. The Balaban J connectivity index is 2.24. The fraction of sp³-hybridized carbons (Fsp3) is 0.222. The van der Waals surface area contributed by atoms with Gasteiger partial charge in [-0.15, -0.1) is 0 Å². The van der Waals surface area contributed by atoms with Crippen LogP contribution in [-0.2, 0) is 4.74 Å². The van der Waals surface area contributed by atoms with E-state index in [0.29, 0.717) is 12.2 Å². The average Bonchev–Trinajstić information content (AvgIpc) is 2.83. The van der Waals surface area contributed by atoms with Gasteiger partial charge in [-0.05, 0) is 11.6 Å². The van der Waals surface area contributed by atoms with Crippen LogP contribution >= 0.6 is 0 Å². The molecule has 2 heterocycles. The number of pyridine rings is 1. The molecule has 54 valence electrons. The molecule has 1 fully saturated rings. The quantitative estimate of drug-likeness (QED) is 0.517. The van der Waals surface area contributed by atoms with Crippen LogP contribution in [-0.4, -0.2) is 11.1 Å². The van der Waals surface area contributed by atoms with Gasteiger partial charge in [-0.2, -0.15) is 0 Å². The lowest BCUT2D eigenvalue weighted by Crippen LogP contribution is -1.94. The van der Waals surface area contributed by atoms with Crippen molar-refractivity contribution in [2.75, 3.05) is 0 Å². The highest BCUT2D eigenvalue weighted by Gasteiger charge is 2.41. The van der Waals surface area contributed by atoms with Crippen molar-refractivity contribution in [1.29, 1.82) is 0 Å². The second kappa shape index (κ2) is 1.71. The maximum atomic E-state index is 5.38. The molecule has 0 N–H and O–H groups in total. The van der Waals surface area contributed by atoms with Crippen LogP contribution in [0.4, 0.5) is 0 Å². The largest absolute Gasteiger partial charge is 0.360 e. The summed E-state index contributed by atoms with van der Waals surface area (Å²) in [5.41, 5.74) is 2.48. The Morgan fingerprint density at radius 1 is 1.45 bits per heavy atom. The lowest BCUT2D eigenvalue weighted by Gasteiger charge is -2.03. The molecule has 0 spiro atoms. The Labute approximate surface area is 64.5 Å². The Morgan fingerprint density at radius 3 is 3.45 bits per heavy atom. The minimum atomic E-state index is 0.309. The molecule has 2 nitrogen and oxygen atoms in total. The van der Waals surface area contributed by atoms with Gasteiger partial charge in [0.05, 0.1) is 0 Å². The fourth-order valence-electron chi connectivity index (χ4n) is 1.53. The van der Waals surface area contributed by atoms with Crippen molar-refractivity contribution >= 4 is 6.08 Å². The fourth-order valence-corrected chi connectivity index (χ4v) is 1.53. The molecular weight excluding hydrogens is 138 g/mol. The predicted molar refractivity (Wildman–Crippen MR) is 40.9 cm³/mol. The molecule has 1 aromatic rings. The number of hydrogen-bond donors (Lipinski definition) is 0. The third-order valence-electron chi connectivity index (χ3n) is 2.18. The van der Waals surface area contributed by atoms with E-state index in [1.165, 1.54) is 11.1 Å². The summed E-state index contributed by atoms with van der Waals surface area (Å²) in [5.74, 6) is 0. The second-order valence-corrected chi connectivity index (χ2v) is 2.89. The van der Waals surface area contributed by atoms with Crippen molar-refractivity contribution in [2.24, 2.45) is 0 Å². The van der Waals surface area contributed by atoms with Crippen molar-refractivity contribution in [3.63, 3.8) is 0 Å². The van der Waals surface area contributed by atoms with Gasteiger partial charge in [0.15, 0.2) is 0 Å². The predicted octanol–water partition coefficient (Wildman–Crippen LogP) is 1.55. The first kappa shape index (κ1) is 5.49. The average molecular weight is 145 g/mol. The topological polar surface area (TPSA) is 25.4 Å².